The summed E-state index contributed by atoms with van der Waals surface area (Å²) in [6.07, 6.45) is 0.288. The van der Waals surface area contributed by atoms with Crippen LogP contribution in [0.15, 0.2) is 12.1 Å². The Morgan fingerprint density at radius 3 is 2.25 bits per heavy atom. The van der Waals surface area contributed by atoms with Gasteiger partial charge in [0, 0.05) is 17.0 Å². The topological polar surface area (TPSA) is 56.8 Å². The van der Waals surface area contributed by atoms with E-state index in [1.807, 2.05) is 19.1 Å². The third-order valence-corrected chi connectivity index (χ3v) is 5.38. The lowest BCUT2D eigenvalue weighted by Crippen LogP contribution is -2.59. The molecular weight excluding hydrogens is 306 g/mol. The van der Waals surface area contributed by atoms with Gasteiger partial charge in [-0.05, 0) is 44.0 Å². The molecule has 0 radical (unpaired) electrons. The summed E-state index contributed by atoms with van der Waals surface area (Å²) in [7, 11) is 3.26. The second-order valence-corrected chi connectivity index (χ2v) is 7.25. The molecule has 0 aliphatic carbocycles. The van der Waals surface area contributed by atoms with Gasteiger partial charge in [-0.1, -0.05) is 13.8 Å². The van der Waals surface area contributed by atoms with Crippen LogP contribution in [-0.4, -0.2) is 32.3 Å². The number of rotatable bonds is 5. The molecule has 5 heteroatoms. The number of nitrogens with one attached hydrogen (secondary N) is 1. The zero-order chi connectivity index (χ0) is 18.1. The highest BCUT2D eigenvalue weighted by Gasteiger charge is 2.46. The third kappa shape index (κ3) is 3.09. The van der Waals surface area contributed by atoms with Crippen LogP contribution in [-0.2, 0) is 14.9 Å². The SMILES string of the molecule is CCOC(=O)CC1NC(C)(C)C(C)(C)c2cc(OC)c(OC)cc21. The number of esters is 1. The van der Waals surface area contributed by atoms with E-state index in [4.69, 9.17) is 14.2 Å². The first-order valence-corrected chi connectivity index (χ1v) is 8.37. The van der Waals surface area contributed by atoms with Crippen molar-refractivity contribution in [1.82, 2.24) is 5.32 Å². The van der Waals surface area contributed by atoms with Crippen molar-refractivity contribution in [2.75, 3.05) is 20.8 Å². The van der Waals surface area contributed by atoms with Crippen molar-refractivity contribution in [2.24, 2.45) is 0 Å². The van der Waals surface area contributed by atoms with Crippen LogP contribution in [0.4, 0.5) is 0 Å². The summed E-state index contributed by atoms with van der Waals surface area (Å²) in [5, 5.41) is 3.62. The molecule has 1 atom stereocenters. The van der Waals surface area contributed by atoms with Crippen LogP contribution in [0.5, 0.6) is 11.5 Å². The van der Waals surface area contributed by atoms with Crippen LogP contribution in [0.1, 0.15) is 58.2 Å². The van der Waals surface area contributed by atoms with Gasteiger partial charge in [-0.25, -0.2) is 0 Å². The molecule has 0 bridgehead atoms. The van der Waals surface area contributed by atoms with Crippen molar-refractivity contribution in [3.8, 4) is 11.5 Å². The molecule has 0 amide bonds. The number of ether oxygens (including phenoxy) is 3. The van der Waals surface area contributed by atoms with Gasteiger partial charge in [0.05, 0.1) is 27.2 Å². The van der Waals surface area contributed by atoms with E-state index in [2.05, 4.69) is 33.0 Å². The summed E-state index contributed by atoms with van der Waals surface area (Å²) >= 11 is 0. The van der Waals surface area contributed by atoms with Crippen molar-refractivity contribution < 1.29 is 19.0 Å². The quantitative estimate of drug-likeness (QED) is 0.836. The van der Waals surface area contributed by atoms with Gasteiger partial charge in [-0.15, -0.1) is 0 Å². The molecule has 2 rings (SSSR count). The van der Waals surface area contributed by atoms with Gasteiger partial charge in [-0.2, -0.15) is 0 Å². The third-order valence-electron chi connectivity index (χ3n) is 5.38. The Balaban J connectivity index is 2.57. The molecule has 1 aromatic carbocycles. The molecule has 1 aliphatic heterocycles. The largest absolute Gasteiger partial charge is 0.493 e. The molecule has 1 heterocycles. The zero-order valence-corrected chi connectivity index (χ0v) is 15.8. The van der Waals surface area contributed by atoms with Crippen LogP contribution in [0.2, 0.25) is 0 Å². The number of hydrogen-bond acceptors (Lipinski definition) is 5. The maximum Gasteiger partial charge on any atom is 0.307 e. The van der Waals surface area contributed by atoms with Gasteiger partial charge >= 0.3 is 5.97 Å². The molecule has 0 saturated heterocycles. The molecule has 0 saturated carbocycles. The second kappa shape index (κ2) is 6.63. The normalized spacial score (nSPS) is 20.9. The second-order valence-electron chi connectivity index (χ2n) is 7.25. The smallest absolute Gasteiger partial charge is 0.307 e. The number of benzene rings is 1. The lowest BCUT2D eigenvalue weighted by molar-refractivity contribution is -0.144. The minimum absolute atomic E-state index is 0.123. The van der Waals surface area contributed by atoms with Gasteiger partial charge in [0.25, 0.3) is 0 Å². The maximum atomic E-state index is 12.1. The van der Waals surface area contributed by atoms with Gasteiger partial charge in [0.15, 0.2) is 11.5 Å². The van der Waals surface area contributed by atoms with Crippen molar-refractivity contribution in [1.29, 1.82) is 0 Å². The van der Waals surface area contributed by atoms with E-state index in [9.17, 15) is 4.79 Å². The minimum Gasteiger partial charge on any atom is -0.493 e. The molecule has 5 nitrogen and oxygen atoms in total. The fourth-order valence-electron chi connectivity index (χ4n) is 3.30. The molecule has 1 aromatic rings. The van der Waals surface area contributed by atoms with E-state index in [0.29, 0.717) is 18.1 Å². The number of carbonyl (C=O) groups is 1. The number of methoxy groups -OCH3 is 2. The highest BCUT2D eigenvalue weighted by Crippen LogP contribution is 2.48. The predicted octanol–water partition coefficient (Wildman–Crippen LogP) is 3.36. The number of carbonyl (C=O) groups excluding carboxylic acids is 1. The van der Waals surface area contributed by atoms with Crippen molar-refractivity contribution in [3.05, 3.63) is 23.3 Å². The van der Waals surface area contributed by atoms with Gasteiger partial charge in [0.2, 0.25) is 0 Å². The summed E-state index contributed by atoms with van der Waals surface area (Å²) < 4.78 is 16.1. The van der Waals surface area contributed by atoms with Crippen LogP contribution in [0, 0.1) is 0 Å². The molecular formula is C19H29NO4. The molecule has 1 unspecified atom stereocenters. The van der Waals surface area contributed by atoms with Crippen molar-refractivity contribution in [3.63, 3.8) is 0 Å². The summed E-state index contributed by atoms with van der Waals surface area (Å²) in [6, 6.07) is 3.89. The van der Waals surface area contributed by atoms with Crippen LogP contribution in [0.25, 0.3) is 0 Å². The highest BCUT2D eigenvalue weighted by atomic mass is 16.5. The minimum atomic E-state index is -0.203. The van der Waals surface area contributed by atoms with E-state index in [1.54, 1.807) is 14.2 Å². The first-order chi connectivity index (χ1) is 11.2. The molecule has 0 spiro atoms. The Morgan fingerprint density at radius 1 is 1.12 bits per heavy atom. The summed E-state index contributed by atoms with van der Waals surface area (Å²) in [6.45, 7) is 10.9. The molecule has 0 aromatic heterocycles. The number of fused-ring (bicyclic) bond motifs is 1. The van der Waals surface area contributed by atoms with E-state index < -0.39 is 0 Å². The Morgan fingerprint density at radius 2 is 1.71 bits per heavy atom. The molecule has 134 valence electrons. The van der Waals surface area contributed by atoms with Crippen LogP contribution >= 0.6 is 0 Å². The van der Waals surface area contributed by atoms with Crippen molar-refractivity contribution in [2.45, 2.75) is 58.0 Å². The van der Waals surface area contributed by atoms with E-state index >= 15 is 0 Å². The Labute approximate surface area is 144 Å². The Hall–Kier alpha value is -1.75. The molecule has 24 heavy (non-hydrogen) atoms. The standard InChI is InChI=1S/C19H29NO4/c1-8-24-17(21)11-14-12-9-15(22-6)16(23-7)10-13(12)18(2,3)19(4,5)20-14/h9-10,14,20H,8,11H2,1-7H3. The van der Waals surface area contributed by atoms with Gasteiger partial charge in [0.1, 0.15) is 0 Å². The molecule has 1 N–H and O–H groups in total. The summed E-state index contributed by atoms with van der Waals surface area (Å²) in [5.74, 6) is 1.17. The van der Waals surface area contributed by atoms with Gasteiger partial charge in [-0.3, -0.25) is 4.79 Å². The first-order valence-electron chi connectivity index (χ1n) is 8.37. The predicted molar refractivity (Wildman–Crippen MR) is 93.8 cm³/mol. The monoisotopic (exact) mass is 335 g/mol. The highest BCUT2D eigenvalue weighted by molar-refractivity contribution is 5.71. The van der Waals surface area contributed by atoms with Crippen LogP contribution in [0.3, 0.4) is 0 Å². The van der Waals surface area contributed by atoms with Crippen LogP contribution < -0.4 is 14.8 Å². The lowest BCUT2D eigenvalue weighted by Gasteiger charge is -2.51. The van der Waals surface area contributed by atoms with E-state index in [1.165, 1.54) is 0 Å². The Kier molecular flexibility index (Phi) is 5.14. The van der Waals surface area contributed by atoms with Crippen molar-refractivity contribution >= 4 is 5.97 Å². The summed E-state index contributed by atoms with van der Waals surface area (Å²) in [4.78, 5) is 12.1. The fourth-order valence-corrected chi connectivity index (χ4v) is 3.30. The van der Waals surface area contributed by atoms with E-state index in [0.717, 1.165) is 11.1 Å². The zero-order valence-electron chi connectivity index (χ0n) is 15.8. The number of hydrogen-bond donors (Lipinski definition) is 1. The maximum absolute atomic E-state index is 12.1. The lowest BCUT2D eigenvalue weighted by atomic mass is 9.64. The Bertz CT molecular complexity index is 622. The van der Waals surface area contributed by atoms with Gasteiger partial charge < -0.3 is 19.5 Å². The average molecular weight is 335 g/mol. The van der Waals surface area contributed by atoms with E-state index in [-0.39, 0.29) is 29.4 Å². The summed E-state index contributed by atoms with van der Waals surface area (Å²) in [5.41, 5.74) is 1.88. The fraction of sp³-hybridized carbons (Fsp3) is 0.632. The first kappa shape index (κ1) is 18.6. The molecule has 1 aliphatic rings. The molecule has 0 fully saturated rings. The average Bonchev–Trinajstić information content (AvgIpc) is 2.51.